The van der Waals surface area contributed by atoms with E-state index in [1.165, 1.54) is 19.3 Å². The minimum absolute atomic E-state index is 0.0369. The van der Waals surface area contributed by atoms with Crippen molar-refractivity contribution >= 4 is 11.0 Å². The van der Waals surface area contributed by atoms with E-state index in [-0.39, 0.29) is 6.04 Å². The second-order valence-electron chi connectivity index (χ2n) is 6.70. The Morgan fingerprint density at radius 1 is 1.29 bits per heavy atom. The molecular formula is C18H26N2O. The summed E-state index contributed by atoms with van der Waals surface area (Å²) < 4.78 is 5.90. The summed E-state index contributed by atoms with van der Waals surface area (Å²) in [7, 11) is 0. The summed E-state index contributed by atoms with van der Waals surface area (Å²) in [6, 6.07) is 10.9. The number of hydrogen-bond donors (Lipinski definition) is 1. The fraction of sp³-hybridized carbons (Fsp3) is 0.556. The minimum Gasteiger partial charge on any atom is -0.459 e. The molecule has 3 heteroatoms. The van der Waals surface area contributed by atoms with Crippen molar-refractivity contribution in [3.05, 3.63) is 36.1 Å². The third-order valence-corrected chi connectivity index (χ3v) is 4.30. The van der Waals surface area contributed by atoms with Gasteiger partial charge in [-0.3, -0.25) is 4.90 Å². The van der Waals surface area contributed by atoms with E-state index < -0.39 is 0 Å². The first-order chi connectivity index (χ1) is 10.1. The molecule has 1 aliphatic carbocycles. The number of nitrogens with zero attached hydrogens (tertiary/aromatic N) is 1. The van der Waals surface area contributed by atoms with Crippen LogP contribution < -0.4 is 5.73 Å². The Labute approximate surface area is 127 Å². The molecule has 114 valence electrons. The van der Waals surface area contributed by atoms with E-state index in [2.05, 4.69) is 30.9 Å². The predicted octanol–water partition coefficient (Wildman–Crippen LogP) is 3.94. The first-order valence-corrected chi connectivity index (χ1v) is 8.11. The van der Waals surface area contributed by atoms with Crippen LogP contribution in [0.4, 0.5) is 0 Å². The van der Waals surface area contributed by atoms with Gasteiger partial charge in [-0.15, -0.1) is 0 Å². The van der Waals surface area contributed by atoms with E-state index in [4.69, 9.17) is 10.2 Å². The Hall–Kier alpha value is -1.32. The van der Waals surface area contributed by atoms with Gasteiger partial charge < -0.3 is 10.2 Å². The second-order valence-corrected chi connectivity index (χ2v) is 6.70. The van der Waals surface area contributed by atoms with E-state index >= 15 is 0 Å². The fourth-order valence-corrected chi connectivity index (χ4v) is 2.81. The molecule has 1 unspecified atom stereocenters. The van der Waals surface area contributed by atoms with E-state index in [1.54, 1.807) is 0 Å². The largest absolute Gasteiger partial charge is 0.459 e. The lowest BCUT2D eigenvalue weighted by Crippen LogP contribution is -2.35. The monoisotopic (exact) mass is 286 g/mol. The summed E-state index contributed by atoms with van der Waals surface area (Å²) in [4.78, 5) is 2.55. The van der Waals surface area contributed by atoms with E-state index in [1.807, 2.05) is 18.2 Å². The molecule has 1 atom stereocenters. The van der Waals surface area contributed by atoms with Gasteiger partial charge in [-0.1, -0.05) is 32.0 Å². The number of para-hydroxylation sites is 1. The highest BCUT2D eigenvalue weighted by Crippen LogP contribution is 2.30. The molecule has 0 spiro atoms. The van der Waals surface area contributed by atoms with Gasteiger partial charge in [0.25, 0.3) is 0 Å². The van der Waals surface area contributed by atoms with Crippen LogP contribution in [0.5, 0.6) is 0 Å². The number of rotatable bonds is 7. The van der Waals surface area contributed by atoms with Crippen LogP contribution in [-0.2, 0) is 0 Å². The average molecular weight is 286 g/mol. The van der Waals surface area contributed by atoms with Crippen molar-refractivity contribution < 1.29 is 4.42 Å². The summed E-state index contributed by atoms with van der Waals surface area (Å²) in [6.45, 7) is 6.61. The lowest BCUT2D eigenvalue weighted by Gasteiger charge is -2.25. The molecule has 3 nitrogen and oxygen atoms in total. The lowest BCUT2D eigenvalue weighted by atomic mass is 10.1. The predicted molar refractivity (Wildman–Crippen MR) is 87.2 cm³/mol. The Morgan fingerprint density at radius 2 is 2.05 bits per heavy atom. The zero-order chi connectivity index (χ0) is 14.8. The number of hydrogen-bond acceptors (Lipinski definition) is 3. The Kier molecular flexibility index (Phi) is 4.32. The molecule has 0 aliphatic heterocycles. The number of furan rings is 1. The number of benzene rings is 1. The van der Waals surface area contributed by atoms with E-state index in [0.717, 1.165) is 41.8 Å². The molecule has 0 amide bonds. The van der Waals surface area contributed by atoms with E-state index in [9.17, 15) is 0 Å². The molecule has 2 N–H and O–H groups in total. The molecule has 1 fully saturated rings. The minimum atomic E-state index is -0.0369. The molecule has 1 aromatic carbocycles. The Bertz CT molecular complexity index is 553. The highest BCUT2D eigenvalue weighted by atomic mass is 16.3. The normalized spacial score (nSPS) is 17.0. The molecule has 3 rings (SSSR count). The summed E-state index contributed by atoms with van der Waals surface area (Å²) in [5, 5.41) is 1.14. The SMILES string of the molecule is CC(C)CCN(CC(N)c1cc2ccccc2o1)C1CC1. The van der Waals surface area contributed by atoms with Gasteiger partial charge in [-0.25, -0.2) is 0 Å². The lowest BCUT2D eigenvalue weighted by molar-refractivity contribution is 0.226. The van der Waals surface area contributed by atoms with Gasteiger partial charge >= 0.3 is 0 Å². The van der Waals surface area contributed by atoms with Gasteiger partial charge in [0.1, 0.15) is 11.3 Å². The van der Waals surface area contributed by atoms with Crippen LogP contribution in [0.25, 0.3) is 11.0 Å². The van der Waals surface area contributed by atoms with Gasteiger partial charge in [-0.2, -0.15) is 0 Å². The Morgan fingerprint density at radius 3 is 2.71 bits per heavy atom. The van der Waals surface area contributed by atoms with Crippen molar-refractivity contribution in [2.75, 3.05) is 13.1 Å². The van der Waals surface area contributed by atoms with Gasteiger partial charge in [0.05, 0.1) is 6.04 Å². The summed E-state index contributed by atoms with van der Waals surface area (Å²) >= 11 is 0. The van der Waals surface area contributed by atoms with E-state index in [0.29, 0.717) is 0 Å². The molecule has 1 aliphatic rings. The maximum Gasteiger partial charge on any atom is 0.134 e. The topological polar surface area (TPSA) is 42.4 Å². The summed E-state index contributed by atoms with van der Waals surface area (Å²) in [6.07, 6.45) is 3.89. The van der Waals surface area contributed by atoms with Crippen molar-refractivity contribution in [3.63, 3.8) is 0 Å². The first-order valence-electron chi connectivity index (χ1n) is 8.11. The van der Waals surface area contributed by atoms with Crippen LogP contribution in [0.3, 0.4) is 0 Å². The second kappa shape index (κ2) is 6.20. The smallest absolute Gasteiger partial charge is 0.134 e. The third-order valence-electron chi connectivity index (χ3n) is 4.30. The average Bonchev–Trinajstić information content (AvgIpc) is 3.20. The molecule has 1 heterocycles. The molecule has 0 radical (unpaired) electrons. The van der Waals surface area contributed by atoms with Crippen LogP contribution in [0.2, 0.25) is 0 Å². The first kappa shape index (κ1) is 14.6. The molecule has 21 heavy (non-hydrogen) atoms. The molecule has 1 aromatic heterocycles. The van der Waals surface area contributed by atoms with Gasteiger partial charge in [0, 0.05) is 18.0 Å². The Balaban J connectivity index is 1.66. The molecule has 2 aromatic rings. The third kappa shape index (κ3) is 3.66. The van der Waals surface area contributed by atoms with Crippen molar-refractivity contribution in [3.8, 4) is 0 Å². The van der Waals surface area contributed by atoms with Crippen molar-refractivity contribution in [2.24, 2.45) is 11.7 Å². The van der Waals surface area contributed by atoms with Crippen LogP contribution in [0.15, 0.2) is 34.7 Å². The highest BCUT2D eigenvalue weighted by molar-refractivity contribution is 5.77. The van der Waals surface area contributed by atoms with Crippen molar-refractivity contribution in [1.82, 2.24) is 4.90 Å². The van der Waals surface area contributed by atoms with Crippen LogP contribution in [0, 0.1) is 5.92 Å². The quantitative estimate of drug-likeness (QED) is 0.838. The van der Waals surface area contributed by atoms with Crippen LogP contribution in [0.1, 0.15) is 44.9 Å². The standard InChI is InChI=1S/C18H26N2O/c1-13(2)9-10-20(15-7-8-15)12-16(19)18-11-14-5-3-4-6-17(14)21-18/h3-6,11,13,15-16H,7-10,12,19H2,1-2H3. The van der Waals surface area contributed by atoms with Crippen molar-refractivity contribution in [1.29, 1.82) is 0 Å². The molecule has 0 saturated heterocycles. The zero-order valence-corrected chi connectivity index (χ0v) is 13.1. The molecule has 0 bridgehead atoms. The number of fused-ring (bicyclic) bond motifs is 1. The maximum absolute atomic E-state index is 6.40. The van der Waals surface area contributed by atoms with Crippen LogP contribution >= 0.6 is 0 Å². The zero-order valence-electron chi connectivity index (χ0n) is 13.1. The maximum atomic E-state index is 6.40. The summed E-state index contributed by atoms with van der Waals surface area (Å²) in [5.74, 6) is 1.65. The van der Waals surface area contributed by atoms with Crippen molar-refractivity contribution in [2.45, 2.75) is 45.2 Å². The van der Waals surface area contributed by atoms with Gasteiger partial charge in [-0.05, 0) is 43.9 Å². The van der Waals surface area contributed by atoms with Gasteiger partial charge in [0.15, 0.2) is 0 Å². The number of nitrogens with two attached hydrogens (primary N) is 1. The summed E-state index contributed by atoms with van der Waals surface area (Å²) in [5.41, 5.74) is 7.33. The van der Waals surface area contributed by atoms with Crippen LogP contribution in [-0.4, -0.2) is 24.0 Å². The molecular weight excluding hydrogens is 260 g/mol. The molecule has 1 saturated carbocycles. The van der Waals surface area contributed by atoms with Gasteiger partial charge in [0.2, 0.25) is 0 Å². The fourth-order valence-electron chi connectivity index (χ4n) is 2.81. The highest BCUT2D eigenvalue weighted by Gasteiger charge is 2.30.